The number of benzene rings is 4. The number of hydrogen-bond donors (Lipinski definition) is 0. The van der Waals surface area contributed by atoms with E-state index in [9.17, 15) is 0 Å². The van der Waals surface area contributed by atoms with Crippen LogP contribution in [0.15, 0.2) is 108 Å². The molecule has 0 bridgehead atoms. The zero-order chi connectivity index (χ0) is 31.2. The first-order chi connectivity index (χ1) is 21.9. The lowest BCUT2D eigenvalue weighted by molar-refractivity contribution is -0.338. The molecule has 0 N–H and O–H groups in total. The second kappa shape index (κ2) is 14.1. The summed E-state index contributed by atoms with van der Waals surface area (Å²) in [5.74, 6) is -1.17. The Kier molecular flexibility index (Phi) is 9.76. The number of ether oxygens (including phenoxy) is 4. The topological polar surface area (TPSA) is 58.5 Å². The number of nitrogens with zero attached hydrogens (tertiary/aromatic N) is 1. The van der Waals surface area contributed by atoms with E-state index >= 15 is 0 Å². The molecule has 2 heterocycles. The molecule has 2 aliphatic heterocycles. The average Bonchev–Trinajstić information content (AvgIpc) is 3.34. The highest BCUT2D eigenvalue weighted by Gasteiger charge is 2.57. The predicted octanol–water partition coefficient (Wildman–Crippen LogP) is 7.86. The van der Waals surface area contributed by atoms with Crippen molar-refractivity contribution in [1.29, 1.82) is 0 Å². The molecule has 1 fully saturated rings. The lowest BCUT2D eigenvalue weighted by Gasteiger charge is -2.46. The summed E-state index contributed by atoms with van der Waals surface area (Å²) in [6.07, 6.45) is -0.709. The van der Waals surface area contributed by atoms with Gasteiger partial charge in [-0.2, -0.15) is 0 Å². The first-order valence-electron chi connectivity index (χ1n) is 15.9. The van der Waals surface area contributed by atoms with Gasteiger partial charge in [-0.1, -0.05) is 121 Å². The van der Waals surface area contributed by atoms with Crippen molar-refractivity contribution >= 4 is 5.71 Å². The molecule has 1 spiro atoms. The van der Waals surface area contributed by atoms with Gasteiger partial charge in [-0.05, 0) is 48.6 Å². The number of hydrogen-bond acceptors (Lipinski definition) is 6. The van der Waals surface area contributed by atoms with Crippen LogP contribution in [0.2, 0.25) is 0 Å². The van der Waals surface area contributed by atoms with Gasteiger partial charge in [0.1, 0.15) is 12.2 Å². The van der Waals surface area contributed by atoms with Crippen LogP contribution in [0.1, 0.15) is 52.3 Å². The third-order valence-corrected chi connectivity index (χ3v) is 8.86. The second-order valence-electron chi connectivity index (χ2n) is 12.3. The van der Waals surface area contributed by atoms with Gasteiger partial charge in [-0.3, -0.25) is 0 Å². The highest BCUT2D eigenvalue weighted by Crippen LogP contribution is 2.45. The van der Waals surface area contributed by atoms with Crippen LogP contribution in [0, 0.1) is 26.7 Å². The quantitative estimate of drug-likeness (QED) is 0.174. The smallest absolute Gasteiger partial charge is 0.248 e. The molecule has 0 aromatic heterocycles. The minimum Gasteiger partial charge on any atom is -0.374 e. The zero-order valence-corrected chi connectivity index (χ0v) is 26.6. The molecule has 2 aliphatic rings. The van der Waals surface area contributed by atoms with Crippen LogP contribution in [0.4, 0.5) is 0 Å². The van der Waals surface area contributed by atoms with Gasteiger partial charge >= 0.3 is 0 Å². The van der Waals surface area contributed by atoms with Crippen LogP contribution < -0.4 is 0 Å². The SMILES string of the molecule is Cc1cc(C)c(C2=NO[C@@]3(C[C@@H](OCc4ccccc4)[C@@H](OCc4ccccc4)[C@@H](COCc4ccccc4)O3)[C@H]2C)c(C)c1. The van der Waals surface area contributed by atoms with Crippen molar-refractivity contribution in [3.05, 3.63) is 142 Å². The van der Waals surface area contributed by atoms with Gasteiger partial charge in [0.25, 0.3) is 0 Å². The molecule has 0 amide bonds. The van der Waals surface area contributed by atoms with Gasteiger partial charge in [-0.25, -0.2) is 0 Å². The number of aryl methyl sites for hydroxylation is 3. The molecular weight excluding hydrogens is 562 g/mol. The molecule has 6 rings (SSSR count). The Morgan fingerprint density at radius 3 is 1.84 bits per heavy atom. The van der Waals surface area contributed by atoms with Gasteiger partial charge in [-0.15, -0.1) is 0 Å². The lowest BCUT2D eigenvalue weighted by atomic mass is 9.82. The Labute approximate surface area is 266 Å². The van der Waals surface area contributed by atoms with E-state index in [1.54, 1.807) is 0 Å². The van der Waals surface area contributed by atoms with Crippen LogP contribution in [0.5, 0.6) is 0 Å². The number of oxime groups is 1. The van der Waals surface area contributed by atoms with E-state index in [1.807, 2.05) is 54.6 Å². The van der Waals surface area contributed by atoms with E-state index in [0.29, 0.717) is 32.8 Å². The van der Waals surface area contributed by atoms with Crippen molar-refractivity contribution < 1.29 is 23.8 Å². The second-order valence-corrected chi connectivity index (χ2v) is 12.3. The van der Waals surface area contributed by atoms with Gasteiger partial charge in [0.15, 0.2) is 0 Å². The summed E-state index contributed by atoms with van der Waals surface area (Å²) >= 11 is 0. The van der Waals surface area contributed by atoms with E-state index in [2.05, 4.69) is 76.2 Å². The molecule has 0 unspecified atom stereocenters. The molecule has 45 heavy (non-hydrogen) atoms. The van der Waals surface area contributed by atoms with Gasteiger partial charge in [0.2, 0.25) is 5.79 Å². The van der Waals surface area contributed by atoms with Crippen LogP contribution in [0.25, 0.3) is 0 Å². The first kappa shape index (κ1) is 31.2. The van der Waals surface area contributed by atoms with E-state index in [-0.39, 0.29) is 12.0 Å². The molecule has 5 atom stereocenters. The third kappa shape index (κ3) is 7.21. The molecule has 4 aromatic carbocycles. The fourth-order valence-electron chi connectivity index (χ4n) is 6.59. The lowest BCUT2D eigenvalue weighted by Crippen LogP contribution is -2.60. The molecule has 1 saturated heterocycles. The standard InChI is InChI=1S/C39H43NO5/c1-27-20-28(2)36(29(3)21-27)37-30(4)39(45-40-37)22-34(42-24-32-16-10-6-11-17-32)38(43-25-33-18-12-7-13-19-33)35(44-39)26-41-23-31-14-8-5-9-15-31/h5-21,30,34-35,38H,22-26H2,1-4H3/t30-,34+,35+,38+,39-/m0/s1. The summed E-state index contributed by atoms with van der Waals surface area (Å²) in [5.41, 5.74) is 8.89. The molecular formula is C39H43NO5. The van der Waals surface area contributed by atoms with E-state index in [4.69, 9.17) is 28.9 Å². The van der Waals surface area contributed by atoms with Gasteiger partial charge < -0.3 is 23.8 Å². The summed E-state index contributed by atoms with van der Waals surface area (Å²) in [7, 11) is 0. The van der Waals surface area contributed by atoms with Crippen LogP contribution in [-0.4, -0.2) is 36.4 Å². The maximum absolute atomic E-state index is 6.96. The van der Waals surface area contributed by atoms with Gasteiger partial charge in [0.05, 0.1) is 44.2 Å². The van der Waals surface area contributed by atoms with Crippen molar-refractivity contribution in [3.8, 4) is 0 Å². The van der Waals surface area contributed by atoms with E-state index < -0.39 is 18.0 Å². The Bertz CT molecular complexity index is 1550. The number of rotatable bonds is 11. The summed E-state index contributed by atoms with van der Waals surface area (Å²) in [6, 6.07) is 35.0. The summed E-state index contributed by atoms with van der Waals surface area (Å²) in [4.78, 5) is 6.36. The van der Waals surface area contributed by atoms with Crippen molar-refractivity contribution in [2.45, 2.75) is 78.0 Å². The average molecular weight is 606 g/mol. The van der Waals surface area contributed by atoms with Crippen LogP contribution in [0.3, 0.4) is 0 Å². The van der Waals surface area contributed by atoms with Gasteiger partial charge in [0, 0.05) is 12.0 Å². The third-order valence-electron chi connectivity index (χ3n) is 8.86. The van der Waals surface area contributed by atoms with E-state index in [1.165, 1.54) is 16.7 Å². The van der Waals surface area contributed by atoms with Crippen molar-refractivity contribution in [2.24, 2.45) is 11.1 Å². The fraction of sp³-hybridized carbons (Fsp3) is 0.359. The Hall–Kier alpha value is -3.81. The normalized spacial score (nSPS) is 24.4. The highest BCUT2D eigenvalue weighted by molar-refractivity contribution is 6.05. The summed E-state index contributed by atoms with van der Waals surface area (Å²) in [6.45, 7) is 10.2. The minimum atomic E-state index is -1.02. The van der Waals surface area contributed by atoms with Crippen molar-refractivity contribution in [1.82, 2.24) is 0 Å². The molecule has 6 heteroatoms. The van der Waals surface area contributed by atoms with E-state index in [0.717, 1.165) is 28.0 Å². The molecule has 234 valence electrons. The first-order valence-corrected chi connectivity index (χ1v) is 15.9. The maximum Gasteiger partial charge on any atom is 0.248 e. The molecule has 4 aromatic rings. The largest absolute Gasteiger partial charge is 0.374 e. The van der Waals surface area contributed by atoms with Crippen molar-refractivity contribution in [3.63, 3.8) is 0 Å². The van der Waals surface area contributed by atoms with Crippen molar-refractivity contribution in [2.75, 3.05) is 6.61 Å². The molecule has 0 saturated carbocycles. The van der Waals surface area contributed by atoms with Crippen LogP contribution in [-0.2, 0) is 43.6 Å². The fourth-order valence-corrected chi connectivity index (χ4v) is 6.59. The molecule has 0 radical (unpaired) electrons. The molecule has 6 nitrogen and oxygen atoms in total. The monoisotopic (exact) mass is 605 g/mol. The highest BCUT2D eigenvalue weighted by atomic mass is 16.8. The zero-order valence-electron chi connectivity index (χ0n) is 26.6. The summed E-state index contributed by atoms with van der Waals surface area (Å²) < 4.78 is 26.6. The maximum atomic E-state index is 6.96. The Morgan fingerprint density at radius 1 is 0.733 bits per heavy atom. The Balaban J connectivity index is 1.29. The summed E-state index contributed by atoms with van der Waals surface area (Å²) in [5, 5.41) is 4.70. The Morgan fingerprint density at radius 2 is 1.27 bits per heavy atom. The minimum absolute atomic E-state index is 0.146. The van der Waals surface area contributed by atoms with Crippen LogP contribution >= 0.6 is 0 Å². The predicted molar refractivity (Wildman–Crippen MR) is 176 cm³/mol. The molecule has 0 aliphatic carbocycles.